The first-order valence-electron chi connectivity index (χ1n) is 22.6. The van der Waals surface area contributed by atoms with Crippen LogP contribution in [-0.2, 0) is 0 Å². The van der Waals surface area contributed by atoms with Crippen LogP contribution in [0.15, 0.2) is 231 Å². The number of benzene rings is 9. The molecule has 8 heteroatoms. The van der Waals surface area contributed by atoms with E-state index in [1.54, 1.807) is 0 Å². The number of rotatable bonds is 8. The molecule has 4 heterocycles. The Morgan fingerprint density at radius 1 is 0.235 bits per heavy atom. The van der Waals surface area contributed by atoms with Crippen molar-refractivity contribution < 1.29 is 1.43 Å². The van der Waals surface area contributed by atoms with Crippen LogP contribution in [0.1, 0.15) is 1.43 Å². The maximum Gasteiger partial charge on any atom is 0.166 e. The molecule has 0 saturated heterocycles. The summed E-state index contributed by atoms with van der Waals surface area (Å²) in [7, 11) is 0. The molecule has 0 aliphatic rings. The lowest BCUT2D eigenvalue weighted by Gasteiger charge is -2.21. The van der Waals surface area contributed by atoms with Gasteiger partial charge in [-0.1, -0.05) is 194 Å². The highest BCUT2D eigenvalue weighted by Crippen LogP contribution is 2.43. The van der Waals surface area contributed by atoms with E-state index in [-0.39, 0.29) is 1.43 Å². The van der Waals surface area contributed by atoms with Gasteiger partial charge < -0.3 is 9.13 Å². The van der Waals surface area contributed by atoms with E-state index in [0.717, 1.165) is 88.4 Å². The lowest BCUT2D eigenvalue weighted by Crippen LogP contribution is -2.08. The predicted octanol–water partition coefficient (Wildman–Crippen LogP) is 14.5. The zero-order valence-corrected chi connectivity index (χ0v) is 36.5. The maximum atomic E-state index is 5.40. The fourth-order valence-electron chi connectivity index (χ4n) is 9.53. The zero-order chi connectivity index (χ0) is 45.0. The molecular weight excluding hydrogens is 833 g/mol. The Balaban J connectivity index is 0.00000492. The third kappa shape index (κ3) is 6.62. The van der Waals surface area contributed by atoms with Crippen molar-refractivity contribution in [1.29, 1.82) is 0 Å². The lowest BCUT2D eigenvalue weighted by atomic mass is 10.0. The second-order valence-corrected chi connectivity index (χ2v) is 16.7. The van der Waals surface area contributed by atoms with Gasteiger partial charge in [0.2, 0.25) is 0 Å². The van der Waals surface area contributed by atoms with Crippen LogP contribution in [0.2, 0.25) is 0 Å². The first-order chi connectivity index (χ1) is 33.7. The van der Waals surface area contributed by atoms with Gasteiger partial charge in [0.1, 0.15) is 0 Å². The minimum absolute atomic E-state index is 0. The molecule has 0 saturated carbocycles. The van der Waals surface area contributed by atoms with Crippen LogP contribution in [0.25, 0.3) is 123 Å². The van der Waals surface area contributed by atoms with Crippen LogP contribution in [-0.4, -0.2) is 39.0 Å². The van der Waals surface area contributed by atoms with Crippen molar-refractivity contribution in [3.05, 3.63) is 231 Å². The summed E-state index contributed by atoms with van der Waals surface area (Å²) in [5, 5.41) is 4.52. The van der Waals surface area contributed by atoms with Crippen LogP contribution in [0.3, 0.4) is 0 Å². The zero-order valence-electron chi connectivity index (χ0n) is 36.5. The highest BCUT2D eigenvalue weighted by molar-refractivity contribution is 6.11. The SMILES string of the molecule is [2HH].c1ccc(-c2nc(-c3ccccc3)nc(-c3cc(-n4c5ccccc5c5ccccc54)c(-c4nc(-c5ccccc5)nc(-c5ccccc5)n4)cc3-n3c4ccccc4c4ccccc43)n2)cc1. The molecule has 0 fully saturated rings. The Hall–Kier alpha value is -9.40. The molecule has 320 valence electrons. The summed E-state index contributed by atoms with van der Waals surface area (Å²) in [6, 6.07) is 79.3. The third-order valence-electron chi connectivity index (χ3n) is 12.6. The molecule has 0 radical (unpaired) electrons. The van der Waals surface area contributed by atoms with Crippen LogP contribution in [0.4, 0.5) is 0 Å². The summed E-state index contributed by atoms with van der Waals surface area (Å²) in [6.07, 6.45) is 0. The summed E-state index contributed by atoms with van der Waals surface area (Å²) < 4.78 is 4.68. The molecule has 13 aromatic rings. The minimum atomic E-state index is 0. The van der Waals surface area contributed by atoms with Crippen molar-refractivity contribution in [1.82, 2.24) is 39.0 Å². The van der Waals surface area contributed by atoms with Gasteiger partial charge in [-0.25, -0.2) is 29.9 Å². The van der Waals surface area contributed by atoms with Gasteiger partial charge in [-0.05, 0) is 36.4 Å². The average molecular weight is 874 g/mol. The van der Waals surface area contributed by atoms with Crippen molar-refractivity contribution in [3.8, 4) is 79.7 Å². The van der Waals surface area contributed by atoms with Crippen LogP contribution >= 0.6 is 0 Å². The molecule has 0 N–H and O–H groups in total. The van der Waals surface area contributed by atoms with Gasteiger partial charge in [-0.15, -0.1) is 0 Å². The van der Waals surface area contributed by atoms with Gasteiger partial charge in [0.05, 0.1) is 33.4 Å². The van der Waals surface area contributed by atoms with Gasteiger partial charge in [0.25, 0.3) is 0 Å². The molecule has 0 aliphatic heterocycles. The Morgan fingerprint density at radius 2 is 0.456 bits per heavy atom. The highest BCUT2D eigenvalue weighted by atomic mass is 15.1. The molecule has 0 aliphatic carbocycles. The number of fused-ring (bicyclic) bond motifs is 6. The molecule has 0 atom stereocenters. The van der Waals surface area contributed by atoms with Crippen LogP contribution in [0.5, 0.6) is 0 Å². The van der Waals surface area contributed by atoms with E-state index in [4.69, 9.17) is 29.9 Å². The fraction of sp³-hybridized carbons (Fsp3) is 0. The van der Waals surface area contributed by atoms with Crippen molar-refractivity contribution in [2.24, 2.45) is 0 Å². The number of hydrogen-bond donors (Lipinski definition) is 0. The molecule has 0 unspecified atom stereocenters. The van der Waals surface area contributed by atoms with Crippen molar-refractivity contribution in [2.75, 3.05) is 0 Å². The van der Waals surface area contributed by atoms with E-state index in [9.17, 15) is 0 Å². The standard InChI is InChI=1S/C60H38N8.H2/c1-5-21-39(22-6-1)55-61-56(40-23-7-2-8-24-40)64-59(63-55)47-37-54(68-51-35-19-15-31-45(51)46-32-16-20-36-52(46)68)48(38-53(47)67-49-33-17-13-29-43(49)44-30-14-18-34-50(44)67)60-65-57(41-25-9-3-10-26-41)62-58(66-60)42-27-11-4-12-28-42;/h1-38H;1H/i;1+1. The van der Waals surface area contributed by atoms with Gasteiger partial charge in [0, 0.05) is 56.4 Å². The quantitative estimate of drug-likeness (QED) is 0.151. The minimum Gasteiger partial charge on any atom is -0.308 e. The van der Waals surface area contributed by atoms with Gasteiger partial charge in [0.15, 0.2) is 34.9 Å². The molecule has 8 nitrogen and oxygen atoms in total. The number of aromatic nitrogens is 8. The molecule has 13 rings (SSSR count). The molecule has 0 spiro atoms. The molecular formula is C60H40N8. The number of hydrogen-bond acceptors (Lipinski definition) is 6. The van der Waals surface area contributed by atoms with Crippen LogP contribution in [0, 0.1) is 0 Å². The number of nitrogens with zero attached hydrogens (tertiary/aromatic N) is 8. The van der Waals surface area contributed by atoms with Gasteiger partial charge in [-0.2, -0.15) is 0 Å². The van der Waals surface area contributed by atoms with Gasteiger partial charge in [-0.3, -0.25) is 0 Å². The normalized spacial score (nSPS) is 11.5. The van der Waals surface area contributed by atoms with E-state index in [2.05, 4.69) is 118 Å². The summed E-state index contributed by atoms with van der Waals surface area (Å²) >= 11 is 0. The van der Waals surface area contributed by atoms with E-state index >= 15 is 0 Å². The second kappa shape index (κ2) is 16.2. The van der Waals surface area contributed by atoms with Crippen LogP contribution < -0.4 is 0 Å². The van der Waals surface area contributed by atoms with Crippen molar-refractivity contribution >= 4 is 43.6 Å². The van der Waals surface area contributed by atoms with Gasteiger partial charge >= 0.3 is 0 Å². The molecule has 0 bridgehead atoms. The third-order valence-corrected chi connectivity index (χ3v) is 12.6. The van der Waals surface area contributed by atoms with Crippen molar-refractivity contribution in [2.45, 2.75) is 0 Å². The summed E-state index contributed by atoms with van der Waals surface area (Å²) in [5.41, 5.74) is 11.0. The molecule has 4 aromatic heterocycles. The summed E-state index contributed by atoms with van der Waals surface area (Å²) in [4.78, 5) is 31.9. The Bertz CT molecular complexity index is 3540. The van der Waals surface area contributed by atoms with E-state index in [1.807, 2.05) is 121 Å². The topological polar surface area (TPSA) is 87.2 Å². The lowest BCUT2D eigenvalue weighted by molar-refractivity contribution is 1.05. The van der Waals surface area contributed by atoms with Crippen molar-refractivity contribution in [3.63, 3.8) is 0 Å². The monoisotopic (exact) mass is 873 g/mol. The fourth-order valence-corrected chi connectivity index (χ4v) is 9.53. The average Bonchev–Trinajstić information content (AvgIpc) is 3.94. The first-order valence-corrected chi connectivity index (χ1v) is 22.6. The van der Waals surface area contributed by atoms with E-state index < -0.39 is 0 Å². The Kier molecular flexibility index (Phi) is 9.31. The second-order valence-electron chi connectivity index (χ2n) is 16.7. The summed E-state index contributed by atoms with van der Waals surface area (Å²) in [5.74, 6) is 3.33. The molecule has 68 heavy (non-hydrogen) atoms. The Morgan fingerprint density at radius 3 is 0.721 bits per heavy atom. The van der Waals surface area contributed by atoms with E-state index in [1.165, 1.54) is 0 Å². The highest BCUT2D eigenvalue weighted by Gasteiger charge is 2.26. The largest absolute Gasteiger partial charge is 0.308 e. The van der Waals surface area contributed by atoms with E-state index in [0.29, 0.717) is 34.9 Å². The molecule has 0 amide bonds. The smallest absolute Gasteiger partial charge is 0.166 e. The maximum absolute atomic E-state index is 5.40. The summed E-state index contributed by atoms with van der Waals surface area (Å²) in [6.45, 7) is 0. The first kappa shape index (κ1) is 39.0. The number of para-hydroxylation sites is 4. The molecule has 9 aromatic carbocycles. The Labute approximate surface area is 392 Å². The predicted molar refractivity (Wildman–Crippen MR) is 277 cm³/mol.